The Bertz CT molecular complexity index is 74.9. The Kier molecular flexibility index (Phi) is 2.15. The van der Waals surface area contributed by atoms with Gasteiger partial charge >= 0.3 is 7.60 Å². The van der Waals surface area contributed by atoms with Gasteiger partial charge in [0, 0.05) is 0 Å². The second kappa shape index (κ2) is 1.98. The van der Waals surface area contributed by atoms with Gasteiger partial charge in [0.15, 0.2) is 0 Å². The first-order valence-corrected chi connectivity index (χ1v) is 3.19. The molecule has 0 heterocycles. The third-order valence-electron chi connectivity index (χ3n) is 0.128. The lowest BCUT2D eigenvalue weighted by Crippen LogP contribution is -1.65. The maximum atomic E-state index is 9.73. The van der Waals surface area contributed by atoms with Crippen LogP contribution in [-0.2, 0) is 8.54 Å². The third-order valence-corrected chi connectivity index (χ3v) is 1.15. The minimum Gasteiger partial charge on any atom is -0.324 e. The molecule has 6 heavy (non-hydrogen) atoms. The van der Waals surface area contributed by atoms with Crippen LogP contribution in [0.25, 0.3) is 0 Å². The molecule has 3 nitrogen and oxygen atoms in total. The summed E-state index contributed by atoms with van der Waals surface area (Å²) in [7, 11) is -3.53. The highest BCUT2D eigenvalue weighted by Gasteiger charge is 2.04. The van der Waals surface area contributed by atoms with Crippen molar-refractivity contribution in [2.75, 3.05) is 0 Å². The third kappa shape index (κ3) is 4.50. The highest BCUT2D eigenvalue weighted by Crippen LogP contribution is 2.40. The van der Waals surface area contributed by atoms with Crippen LogP contribution in [0, 0.1) is 6.66 Å². The van der Waals surface area contributed by atoms with Crippen LogP contribution in [0.5, 0.6) is 0 Å². The first-order chi connectivity index (χ1) is 2.56. The molecule has 0 aliphatic carbocycles. The van der Waals surface area contributed by atoms with Gasteiger partial charge in [-0.3, -0.25) is 4.57 Å². The molecule has 0 saturated heterocycles. The van der Waals surface area contributed by atoms with Crippen molar-refractivity contribution >= 4 is 20.5 Å². The Morgan fingerprint density at radius 1 is 2.00 bits per heavy atom. The fourth-order valence-electron chi connectivity index (χ4n) is 0. The Morgan fingerprint density at radius 2 is 2.17 bits per heavy atom. The van der Waals surface area contributed by atoms with Gasteiger partial charge in [0.05, 0.1) is 6.66 Å². The standard InChI is InChI=1S/CH4O3PS/c1-5(2,3)4-6/h6H,1H2,(H,2,3). The van der Waals surface area contributed by atoms with Crippen LogP contribution >= 0.6 is 20.5 Å². The number of hydrogen-bond acceptors (Lipinski definition) is 3. The van der Waals surface area contributed by atoms with E-state index in [0.29, 0.717) is 0 Å². The fraction of sp³-hybridized carbons (Fsp3) is 0. The van der Waals surface area contributed by atoms with Crippen molar-refractivity contribution in [3.63, 3.8) is 0 Å². The van der Waals surface area contributed by atoms with Crippen LogP contribution in [0.4, 0.5) is 0 Å². The van der Waals surface area contributed by atoms with E-state index in [4.69, 9.17) is 4.89 Å². The quantitative estimate of drug-likeness (QED) is 0.311. The predicted octanol–water partition coefficient (Wildman–Crippen LogP) is 0.825. The van der Waals surface area contributed by atoms with Crippen molar-refractivity contribution < 1.29 is 13.4 Å². The van der Waals surface area contributed by atoms with Gasteiger partial charge in [0.2, 0.25) is 0 Å². The van der Waals surface area contributed by atoms with Gasteiger partial charge in [0.25, 0.3) is 0 Å². The molecular formula is CH4O3PS. The first kappa shape index (κ1) is 6.50. The van der Waals surface area contributed by atoms with Crippen molar-refractivity contribution in [1.82, 2.24) is 0 Å². The molecule has 5 heteroatoms. The molecule has 0 saturated carbocycles. The molecule has 0 aromatic rings. The molecular weight excluding hydrogens is 123 g/mol. The topological polar surface area (TPSA) is 46.5 Å². The van der Waals surface area contributed by atoms with E-state index in [-0.39, 0.29) is 0 Å². The maximum absolute atomic E-state index is 9.73. The largest absolute Gasteiger partial charge is 0.339 e. The molecule has 0 fully saturated rings. The lowest BCUT2D eigenvalue weighted by atomic mass is 12.0. The molecule has 0 aromatic heterocycles. The van der Waals surface area contributed by atoms with E-state index >= 15 is 0 Å². The molecule has 1 N–H and O–H groups in total. The minimum absolute atomic E-state index is 2.70. The molecule has 0 aliphatic rings. The highest BCUT2D eigenvalue weighted by molar-refractivity contribution is 7.81. The molecule has 0 amide bonds. The van der Waals surface area contributed by atoms with E-state index in [9.17, 15) is 4.57 Å². The SMILES string of the molecule is [CH2]P(=O)(O)OS. The summed E-state index contributed by atoms with van der Waals surface area (Å²) in [5.74, 6) is 0. The number of thiol groups is 1. The second-order valence-electron chi connectivity index (χ2n) is 0.719. The fourth-order valence-corrected chi connectivity index (χ4v) is 0. The Hall–Kier alpha value is 0.500. The van der Waals surface area contributed by atoms with Gasteiger partial charge in [-0.1, -0.05) is 0 Å². The van der Waals surface area contributed by atoms with Gasteiger partial charge < -0.3 is 4.89 Å². The van der Waals surface area contributed by atoms with Crippen LogP contribution in [0.1, 0.15) is 0 Å². The Labute approximate surface area is 41.5 Å². The van der Waals surface area contributed by atoms with Crippen LogP contribution in [0.2, 0.25) is 0 Å². The molecule has 0 aliphatic heterocycles. The molecule has 37 valence electrons. The summed E-state index contributed by atoms with van der Waals surface area (Å²) in [5, 5.41) is 0. The van der Waals surface area contributed by atoms with Crippen molar-refractivity contribution in [3.05, 3.63) is 6.66 Å². The summed E-state index contributed by atoms with van der Waals surface area (Å²) < 4.78 is 13.4. The molecule has 0 spiro atoms. The van der Waals surface area contributed by atoms with E-state index in [1.54, 1.807) is 0 Å². The van der Waals surface area contributed by atoms with E-state index < -0.39 is 7.60 Å². The number of rotatable bonds is 1. The predicted molar refractivity (Wildman–Crippen MR) is 25.3 cm³/mol. The number of hydrogen-bond donors (Lipinski definition) is 2. The average Bonchev–Trinajstić information content (AvgIpc) is 1.35. The summed E-state index contributed by atoms with van der Waals surface area (Å²) in [6, 6.07) is 0. The zero-order valence-electron chi connectivity index (χ0n) is 2.87. The zero-order valence-corrected chi connectivity index (χ0v) is 4.65. The van der Waals surface area contributed by atoms with Crippen molar-refractivity contribution in [3.8, 4) is 0 Å². The van der Waals surface area contributed by atoms with E-state index in [1.807, 2.05) is 0 Å². The van der Waals surface area contributed by atoms with Gasteiger partial charge in [-0.05, 0) is 12.9 Å². The van der Waals surface area contributed by atoms with Gasteiger partial charge in [-0.15, -0.1) is 0 Å². The monoisotopic (exact) mass is 127 g/mol. The normalized spacial score (nSPS) is 19.8. The molecule has 0 rings (SSSR count). The Balaban J connectivity index is 3.48. The average molecular weight is 127 g/mol. The van der Waals surface area contributed by atoms with Gasteiger partial charge in [-0.25, -0.2) is 3.97 Å². The van der Waals surface area contributed by atoms with Gasteiger partial charge in [0.1, 0.15) is 0 Å². The molecule has 0 aromatic carbocycles. The van der Waals surface area contributed by atoms with Crippen molar-refractivity contribution in [1.29, 1.82) is 0 Å². The van der Waals surface area contributed by atoms with Crippen LogP contribution in [0.3, 0.4) is 0 Å². The summed E-state index contributed by atoms with van der Waals surface area (Å²) in [6.45, 7) is 2.70. The van der Waals surface area contributed by atoms with Gasteiger partial charge in [-0.2, -0.15) is 0 Å². The van der Waals surface area contributed by atoms with Crippen LogP contribution in [-0.4, -0.2) is 4.89 Å². The van der Waals surface area contributed by atoms with E-state index in [1.165, 1.54) is 0 Å². The molecule has 1 radical (unpaired) electrons. The van der Waals surface area contributed by atoms with E-state index in [2.05, 4.69) is 23.5 Å². The lowest BCUT2D eigenvalue weighted by Gasteiger charge is -1.93. The summed E-state index contributed by atoms with van der Waals surface area (Å²) in [6.07, 6.45) is 0. The molecule has 1 atom stereocenters. The van der Waals surface area contributed by atoms with Crippen LogP contribution < -0.4 is 0 Å². The van der Waals surface area contributed by atoms with Crippen molar-refractivity contribution in [2.24, 2.45) is 0 Å². The highest BCUT2D eigenvalue weighted by atomic mass is 32.1. The first-order valence-electron chi connectivity index (χ1n) is 1.06. The maximum Gasteiger partial charge on any atom is 0.339 e. The zero-order chi connectivity index (χ0) is 5.21. The second-order valence-corrected chi connectivity index (χ2v) is 2.65. The van der Waals surface area contributed by atoms with Crippen molar-refractivity contribution in [2.45, 2.75) is 0 Å². The summed E-state index contributed by atoms with van der Waals surface area (Å²) in [4.78, 5) is 7.97. The molecule has 1 unspecified atom stereocenters. The minimum atomic E-state index is -3.53. The smallest absolute Gasteiger partial charge is 0.324 e. The molecule has 0 bridgehead atoms. The van der Waals surface area contributed by atoms with E-state index in [0.717, 1.165) is 0 Å². The summed E-state index contributed by atoms with van der Waals surface area (Å²) in [5.41, 5.74) is 0. The van der Waals surface area contributed by atoms with Crippen LogP contribution in [0.15, 0.2) is 0 Å². The lowest BCUT2D eigenvalue weighted by molar-refractivity contribution is 0.416. The Morgan fingerprint density at radius 3 is 2.17 bits per heavy atom. The summed E-state index contributed by atoms with van der Waals surface area (Å²) >= 11 is 3.03.